The Morgan fingerprint density at radius 1 is 1.44 bits per heavy atom. The highest BCUT2D eigenvalue weighted by Crippen LogP contribution is 2.25. The van der Waals surface area contributed by atoms with E-state index in [1.54, 1.807) is 6.07 Å². The molecule has 0 spiro atoms. The normalized spacial score (nSPS) is 9.88. The zero-order valence-electron chi connectivity index (χ0n) is 8.41. The molecule has 4 nitrogen and oxygen atoms in total. The van der Waals surface area contributed by atoms with Crippen LogP contribution in [-0.4, -0.2) is 19.3 Å². The average Bonchev–Trinajstić information content (AvgIpc) is 2.22. The number of primary amides is 1. The molecule has 0 aliphatic carbocycles. The van der Waals surface area contributed by atoms with Gasteiger partial charge in [0.2, 0.25) is 0 Å². The minimum Gasteiger partial charge on any atom is -0.492 e. The largest absolute Gasteiger partial charge is 0.492 e. The molecule has 0 fully saturated rings. The molecule has 0 radical (unpaired) electrons. The van der Waals surface area contributed by atoms with Gasteiger partial charge in [0.05, 0.1) is 17.7 Å². The van der Waals surface area contributed by atoms with Gasteiger partial charge in [-0.1, -0.05) is 0 Å². The van der Waals surface area contributed by atoms with Crippen LogP contribution in [0.1, 0.15) is 6.42 Å². The average molecular weight is 292 g/mol. The fraction of sp³-hybridized carbons (Fsp3) is 0.300. The lowest BCUT2D eigenvalue weighted by Gasteiger charge is -2.07. The molecule has 0 saturated carbocycles. The van der Waals surface area contributed by atoms with E-state index in [0.717, 1.165) is 0 Å². The van der Waals surface area contributed by atoms with Crippen LogP contribution in [0.25, 0.3) is 0 Å². The number of halogens is 2. The SMILES string of the molecule is NC(=O)OCCCOc1cc(F)ccc1Br. The molecule has 0 aromatic heterocycles. The van der Waals surface area contributed by atoms with Gasteiger partial charge in [0.15, 0.2) is 0 Å². The quantitative estimate of drug-likeness (QED) is 0.848. The first kappa shape index (κ1) is 12.8. The van der Waals surface area contributed by atoms with Crippen LogP contribution in [0.2, 0.25) is 0 Å². The van der Waals surface area contributed by atoms with Gasteiger partial charge in [-0.3, -0.25) is 0 Å². The first-order valence-corrected chi connectivity index (χ1v) is 5.39. The van der Waals surface area contributed by atoms with E-state index in [1.165, 1.54) is 12.1 Å². The lowest BCUT2D eigenvalue weighted by Crippen LogP contribution is -2.15. The van der Waals surface area contributed by atoms with Gasteiger partial charge in [-0.15, -0.1) is 0 Å². The summed E-state index contributed by atoms with van der Waals surface area (Å²) in [7, 11) is 0. The highest BCUT2D eigenvalue weighted by atomic mass is 79.9. The van der Waals surface area contributed by atoms with E-state index in [0.29, 0.717) is 23.2 Å². The zero-order valence-corrected chi connectivity index (χ0v) is 10.00. The Morgan fingerprint density at radius 2 is 2.19 bits per heavy atom. The summed E-state index contributed by atoms with van der Waals surface area (Å²) in [6, 6.07) is 4.16. The Morgan fingerprint density at radius 3 is 2.88 bits per heavy atom. The molecular formula is C10H11BrFNO3. The molecule has 0 atom stereocenters. The molecule has 6 heteroatoms. The van der Waals surface area contributed by atoms with Gasteiger partial charge >= 0.3 is 6.09 Å². The van der Waals surface area contributed by atoms with Crippen LogP contribution in [0.15, 0.2) is 22.7 Å². The van der Waals surface area contributed by atoms with E-state index < -0.39 is 6.09 Å². The molecule has 1 amide bonds. The second kappa shape index (κ2) is 6.32. The number of ether oxygens (including phenoxy) is 2. The third kappa shape index (κ3) is 4.48. The topological polar surface area (TPSA) is 61.6 Å². The van der Waals surface area contributed by atoms with Crippen LogP contribution >= 0.6 is 15.9 Å². The third-order valence-electron chi connectivity index (χ3n) is 1.68. The molecule has 16 heavy (non-hydrogen) atoms. The summed E-state index contributed by atoms with van der Waals surface area (Å²) >= 11 is 3.23. The summed E-state index contributed by atoms with van der Waals surface area (Å²) in [6.07, 6.45) is -0.321. The van der Waals surface area contributed by atoms with Crippen LogP contribution < -0.4 is 10.5 Å². The maximum Gasteiger partial charge on any atom is 0.404 e. The van der Waals surface area contributed by atoms with Crippen molar-refractivity contribution in [1.82, 2.24) is 0 Å². The molecule has 2 N–H and O–H groups in total. The second-order valence-corrected chi connectivity index (χ2v) is 3.80. The van der Waals surface area contributed by atoms with Crippen molar-refractivity contribution in [2.75, 3.05) is 13.2 Å². The van der Waals surface area contributed by atoms with Crippen molar-refractivity contribution < 1.29 is 18.7 Å². The molecule has 0 aliphatic heterocycles. The molecule has 0 bridgehead atoms. The second-order valence-electron chi connectivity index (χ2n) is 2.94. The van der Waals surface area contributed by atoms with Crippen molar-refractivity contribution in [3.05, 3.63) is 28.5 Å². The summed E-state index contributed by atoms with van der Waals surface area (Å²) in [6.45, 7) is 0.498. The van der Waals surface area contributed by atoms with Crippen molar-refractivity contribution in [2.24, 2.45) is 5.73 Å². The smallest absolute Gasteiger partial charge is 0.404 e. The van der Waals surface area contributed by atoms with Crippen molar-refractivity contribution in [2.45, 2.75) is 6.42 Å². The molecular weight excluding hydrogens is 281 g/mol. The Balaban J connectivity index is 2.31. The first-order chi connectivity index (χ1) is 7.59. The molecule has 0 heterocycles. The van der Waals surface area contributed by atoms with Gasteiger partial charge in [0.1, 0.15) is 11.6 Å². The fourth-order valence-electron chi connectivity index (χ4n) is 1.00. The lowest BCUT2D eigenvalue weighted by molar-refractivity contribution is 0.147. The van der Waals surface area contributed by atoms with Gasteiger partial charge in [0.25, 0.3) is 0 Å². The van der Waals surface area contributed by atoms with Gasteiger partial charge < -0.3 is 15.2 Å². The van der Waals surface area contributed by atoms with E-state index in [2.05, 4.69) is 20.7 Å². The predicted molar refractivity (Wildman–Crippen MR) is 59.7 cm³/mol. The van der Waals surface area contributed by atoms with Crippen LogP contribution in [0.3, 0.4) is 0 Å². The van der Waals surface area contributed by atoms with E-state index in [1.807, 2.05) is 0 Å². The molecule has 1 rings (SSSR count). The van der Waals surface area contributed by atoms with Gasteiger partial charge in [-0.25, -0.2) is 9.18 Å². The Hall–Kier alpha value is -1.30. The molecule has 1 aromatic carbocycles. The number of nitrogens with two attached hydrogens (primary N) is 1. The molecule has 0 saturated heterocycles. The zero-order chi connectivity index (χ0) is 12.0. The maximum atomic E-state index is 12.8. The highest BCUT2D eigenvalue weighted by molar-refractivity contribution is 9.10. The Kier molecular flexibility index (Phi) is 5.04. The van der Waals surface area contributed by atoms with E-state index in [9.17, 15) is 9.18 Å². The van der Waals surface area contributed by atoms with Crippen LogP contribution in [0.4, 0.5) is 9.18 Å². The van der Waals surface area contributed by atoms with Crippen LogP contribution in [0.5, 0.6) is 5.75 Å². The van der Waals surface area contributed by atoms with Crippen LogP contribution in [-0.2, 0) is 4.74 Å². The molecule has 0 unspecified atom stereocenters. The standard InChI is InChI=1S/C10H11BrFNO3/c11-8-3-2-7(12)6-9(8)15-4-1-5-16-10(13)14/h2-3,6H,1,4-5H2,(H2,13,14). The van der Waals surface area contributed by atoms with Crippen molar-refractivity contribution >= 4 is 22.0 Å². The Labute approximate surface area is 101 Å². The van der Waals surface area contributed by atoms with Crippen molar-refractivity contribution in [1.29, 1.82) is 0 Å². The minimum atomic E-state index is -0.813. The number of carbonyl (C=O) groups is 1. The van der Waals surface area contributed by atoms with E-state index in [-0.39, 0.29) is 12.4 Å². The van der Waals surface area contributed by atoms with Gasteiger partial charge in [0, 0.05) is 12.5 Å². The number of hydrogen-bond donors (Lipinski definition) is 1. The predicted octanol–water partition coefficient (Wildman–Crippen LogP) is 2.45. The maximum absolute atomic E-state index is 12.8. The first-order valence-electron chi connectivity index (χ1n) is 4.59. The van der Waals surface area contributed by atoms with Gasteiger partial charge in [-0.05, 0) is 28.1 Å². The monoisotopic (exact) mass is 291 g/mol. The van der Waals surface area contributed by atoms with Crippen LogP contribution in [0, 0.1) is 5.82 Å². The number of amides is 1. The van der Waals surface area contributed by atoms with E-state index in [4.69, 9.17) is 10.5 Å². The number of rotatable bonds is 5. The fourth-order valence-corrected chi connectivity index (χ4v) is 1.36. The van der Waals surface area contributed by atoms with Crippen molar-refractivity contribution in [3.8, 4) is 5.75 Å². The number of benzene rings is 1. The lowest BCUT2D eigenvalue weighted by atomic mass is 10.3. The van der Waals surface area contributed by atoms with E-state index >= 15 is 0 Å². The Bertz CT molecular complexity index is 373. The number of carbonyl (C=O) groups excluding carboxylic acids is 1. The third-order valence-corrected chi connectivity index (χ3v) is 2.34. The number of hydrogen-bond acceptors (Lipinski definition) is 3. The molecule has 0 aliphatic rings. The summed E-state index contributed by atoms with van der Waals surface area (Å²) in [5.41, 5.74) is 4.77. The molecule has 88 valence electrons. The summed E-state index contributed by atoms with van der Waals surface area (Å²) < 4.78 is 23.3. The minimum absolute atomic E-state index is 0.183. The molecule has 1 aromatic rings. The highest BCUT2D eigenvalue weighted by Gasteiger charge is 2.02. The summed E-state index contributed by atoms with van der Waals surface area (Å²) in [5.74, 6) is 0.0469. The van der Waals surface area contributed by atoms with Gasteiger partial charge in [-0.2, -0.15) is 0 Å². The summed E-state index contributed by atoms with van der Waals surface area (Å²) in [4.78, 5) is 10.2. The van der Waals surface area contributed by atoms with Crippen molar-refractivity contribution in [3.63, 3.8) is 0 Å². The summed E-state index contributed by atoms with van der Waals surface area (Å²) in [5, 5.41) is 0.